The van der Waals surface area contributed by atoms with Crippen molar-refractivity contribution in [1.29, 1.82) is 0 Å². The number of nitrogens with zero attached hydrogens (tertiary/aromatic N) is 2. The fourth-order valence-electron chi connectivity index (χ4n) is 3.47. The maximum Gasteiger partial charge on any atom is 0.440 e. The highest BCUT2D eigenvalue weighted by Crippen LogP contribution is 2.32. The first-order valence-corrected chi connectivity index (χ1v) is 11.6. The van der Waals surface area contributed by atoms with Crippen molar-refractivity contribution < 1.29 is 33.4 Å². The van der Waals surface area contributed by atoms with Crippen LogP contribution in [0.4, 0.5) is 20.7 Å². The third kappa shape index (κ3) is 7.07. The van der Waals surface area contributed by atoms with E-state index in [0.717, 1.165) is 11.1 Å². The number of carbonyl (C=O) groups is 2. The minimum Gasteiger partial charge on any atom is -0.494 e. The van der Waals surface area contributed by atoms with E-state index >= 15 is 0 Å². The smallest absolute Gasteiger partial charge is 0.440 e. The summed E-state index contributed by atoms with van der Waals surface area (Å²) in [5, 5.41) is 15.1. The number of hydrogen-bond donors (Lipinski definition) is 2. The van der Waals surface area contributed by atoms with Crippen LogP contribution in [0.1, 0.15) is 53.1 Å². The van der Waals surface area contributed by atoms with Gasteiger partial charge in [0.05, 0.1) is 12.7 Å². The number of nitrogens with one attached hydrogen (secondary N) is 1. The lowest BCUT2D eigenvalue weighted by molar-refractivity contribution is -0.138. The Bertz CT molecular complexity index is 1300. The van der Waals surface area contributed by atoms with Crippen LogP contribution < -0.4 is 15.1 Å². The summed E-state index contributed by atoms with van der Waals surface area (Å²) < 4.78 is 24.4. The first-order chi connectivity index (χ1) is 17.2. The summed E-state index contributed by atoms with van der Waals surface area (Å²) in [5.74, 6) is -1.57. The van der Waals surface area contributed by atoms with E-state index in [1.54, 1.807) is 65.8 Å². The fourth-order valence-corrected chi connectivity index (χ4v) is 3.47. The lowest BCUT2D eigenvalue weighted by Crippen LogP contribution is -2.42. The van der Waals surface area contributed by atoms with Gasteiger partial charge in [0, 0.05) is 17.3 Å². The number of aliphatic carboxylic acids is 1. The molecule has 0 aliphatic carbocycles. The summed E-state index contributed by atoms with van der Waals surface area (Å²) in [7, 11) is 1.31. The van der Waals surface area contributed by atoms with Gasteiger partial charge in [-0.2, -0.15) is 0 Å². The number of carboxylic acid groups (broad SMARTS) is 1. The molecule has 1 amide bonds. The average molecular weight is 514 g/mol. The Kier molecular flexibility index (Phi) is 7.92. The molecule has 0 radical (unpaired) electrons. The highest BCUT2D eigenvalue weighted by Gasteiger charge is 2.31. The zero-order valence-electron chi connectivity index (χ0n) is 22.0. The fraction of sp³-hybridized carbons (Fsp3) is 0.370. The minimum atomic E-state index is -1.17. The molecule has 1 atom stereocenters. The van der Waals surface area contributed by atoms with Crippen LogP contribution in [-0.2, 0) is 14.4 Å². The van der Waals surface area contributed by atoms with Crippen LogP contribution in [0.15, 0.2) is 48.7 Å². The van der Waals surface area contributed by atoms with Crippen molar-refractivity contribution in [2.75, 3.05) is 17.5 Å². The number of amides is 1. The maximum atomic E-state index is 13.8. The third-order valence-corrected chi connectivity index (χ3v) is 4.93. The number of hydroxylamine groups is 1. The van der Waals surface area contributed by atoms with Gasteiger partial charge in [-0.05, 0) is 88.9 Å². The molecule has 3 aromatic rings. The summed E-state index contributed by atoms with van der Waals surface area (Å²) in [5.41, 5.74) is -0.683. The number of carboxylic acids is 1. The van der Waals surface area contributed by atoms with Crippen LogP contribution in [0.2, 0.25) is 0 Å². The molecule has 3 rings (SSSR count). The second kappa shape index (κ2) is 10.6. The van der Waals surface area contributed by atoms with Gasteiger partial charge in [0.25, 0.3) is 0 Å². The molecule has 9 nitrogen and oxygen atoms in total. The Morgan fingerprint density at radius 3 is 2.32 bits per heavy atom. The van der Waals surface area contributed by atoms with Crippen LogP contribution >= 0.6 is 0 Å². The summed E-state index contributed by atoms with van der Waals surface area (Å²) in [4.78, 5) is 35.3. The first kappa shape index (κ1) is 27.7. The molecule has 0 fully saturated rings. The highest BCUT2D eigenvalue weighted by atomic mass is 19.1. The number of carbonyl (C=O) groups excluding carboxylic acids is 1. The van der Waals surface area contributed by atoms with Crippen molar-refractivity contribution in [3.8, 4) is 5.75 Å². The molecule has 0 bridgehead atoms. The molecule has 0 aliphatic heterocycles. The summed E-state index contributed by atoms with van der Waals surface area (Å²) >= 11 is 0. The van der Waals surface area contributed by atoms with E-state index in [-0.39, 0.29) is 11.6 Å². The molecule has 10 heteroatoms. The lowest BCUT2D eigenvalue weighted by atomic mass is 10.1. The van der Waals surface area contributed by atoms with Gasteiger partial charge in [-0.25, -0.2) is 19.0 Å². The number of hydrogen-bond acceptors (Lipinski definition) is 7. The molecule has 0 spiro atoms. The number of ether oxygens (including phenoxy) is 2. The Hall–Kier alpha value is -3.92. The third-order valence-electron chi connectivity index (χ3n) is 4.93. The predicted molar refractivity (Wildman–Crippen MR) is 138 cm³/mol. The molecule has 1 heterocycles. The van der Waals surface area contributed by atoms with Crippen molar-refractivity contribution in [1.82, 2.24) is 4.98 Å². The highest BCUT2D eigenvalue weighted by molar-refractivity contribution is 5.99. The largest absolute Gasteiger partial charge is 0.494 e. The monoisotopic (exact) mass is 513 g/mol. The maximum absolute atomic E-state index is 13.8. The van der Waals surface area contributed by atoms with Crippen LogP contribution in [-0.4, -0.2) is 40.5 Å². The van der Waals surface area contributed by atoms with Gasteiger partial charge in [0.1, 0.15) is 5.60 Å². The molecule has 2 aromatic carbocycles. The molecule has 0 saturated heterocycles. The Labute approximate surface area is 215 Å². The van der Waals surface area contributed by atoms with Gasteiger partial charge >= 0.3 is 12.1 Å². The van der Waals surface area contributed by atoms with Gasteiger partial charge in [0.15, 0.2) is 23.4 Å². The van der Waals surface area contributed by atoms with E-state index in [1.165, 1.54) is 25.4 Å². The molecule has 1 unspecified atom stereocenters. The number of pyridine rings is 1. The quantitative estimate of drug-likeness (QED) is 0.365. The minimum absolute atomic E-state index is 0.0548. The molecular formula is C27H32FN3O6. The number of methoxy groups -OCH3 is 1. The zero-order valence-corrected chi connectivity index (χ0v) is 22.0. The topological polar surface area (TPSA) is 110 Å². The summed E-state index contributed by atoms with van der Waals surface area (Å²) in [6, 6.07) is 9.53. The SMILES string of the molecule is COc1cc(C(Nc2ccc3c(N(OC(C)(C)C)C(=O)OC(C)(C)C)nccc3c2)C(=O)O)ccc1F. The standard InChI is InChI=1S/C27H32FN3O6/c1-26(2,3)36-25(34)31(37-27(4,5)6)23-19-10-9-18(14-16(19)12-13-29-23)30-22(24(32)33)17-8-11-20(28)21(15-17)35-7/h8-15,22,30H,1-7H3,(H,32,33). The van der Waals surface area contributed by atoms with Gasteiger partial charge in [-0.1, -0.05) is 6.07 Å². The molecule has 1 aromatic heterocycles. The van der Waals surface area contributed by atoms with Crippen LogP contribution in [0, 0.1) is 5.82 Å². The van der Waals surface area contributed by atoms with Crippen molar-refractivity contribution in [3.63, 3.8) is 0 Å². The second-order valence-corrected chi connectivity index (χ2v) is 10.4. The normalized spacial score (nSPS) is 12.6. The first-order valence-electron chi connectivity index (χ1n) is 11.6. The lowest BCUT2D eigenvalue weighted by Gasteiger charge is -2.31. The van der Waals surface area contributed by atoms with E-state index < -0.39 is 35.1 Å². The van der Waals surface area contributed by atoms with E-state index in [4.69, 9.17) is 14.3 Å². The van der Waals surface area contributed by atoms with E-state index in [0.29, 0.717) is 22.0 Å². The Balaban J connectivity index is 2.00. The predicted octanol–water partition coefficient (Wildman–Crippen LogP) is 6.09. The average Bonchev–Trinajstić information content (AvgIpc) is 2.79. The van der Waals surface area contributed by atoms with Crippen LogP contribution in [0.3, 0.4) is 0 Å². The number of aromatic nitrogens is 1. The summed E-state index contributed by atoms with van der Waals surface area (Å²) in [6.45, 7) is 10.7. The summed E-state index contributed by atoms with van der Waals surface area (Å²) in [6.07, 6.45) is 0.797. The molecule has 37 heavy (non-hydrogen) atoms. The van der Waals surface area contributed by atoms with Gasteiger partial charge in [0.2, 0.25) is 0 Å². The zero-order chi connectivity index (χ0) is 27.5. The molecule has 198 valence electrons. The number of fused-ring (bicyclic) bond motifs is 1. The van der Waals surface area contributed by atoms with Crippen molar-refractivity contribution in [2.24, 2.45) is 0 Å². The van der Waals surface area contributed by atoms with Gasteiger partial charge < -0.3 is 19.9 Å². The van der Waals surface area contributed by atoms with Crippen LogP contribution in [0.5, 0.6) is 5.75 Å². The second-order valence-electron chi connectivity index (χ2n) is 10.4. The van der Waals surface area contributed by atoms with Crippen molar-refractivity contribution in [3.05, 3.63) is 60.0 Å². The number of rotatable bonds is 7. The van der Waals surface area contributed by atoms with E-state index in [1.807, 2.05) is 0 Å². The van der Waals surface area contributed by atoms with E-state index in [2.05, 4.69) is 10.3 Å². The van der Waals surface area contributed by atoms with Crippen molar-refractivity contribution >= 4 is 34.3 Å². The number of benzene rings is 2. The Morgan fingerprint density at radius 2 is 1.73 bits per heavy atom. The Morgan fingerprint density at radius 1 is 1.03 bits per heavy atom. The van der Waals surface area contributed by atoms with Crippen molar-refractivity contribution in [2.45, 2.75) is 58.8 Å². The molecular weight excluding hydrogens is 481 g/mol. The number of anilines is 2. The van der Waals surface area contributed by atoms with Crippen LogP contribution in [0.25, 0.3) is 10.8 Å². The van der Waals surface area contributed by atoms with E-state index in [9.17, 15) is 19.1 Å². The van der Waals surface area contributed by atoms with Gasteiger partial charge in [-0.15, -0.1) is 5.06 Å². The molecule has 0 saturated carbocycles. The number of halogens is 1. The van der Waals surface area contributed by atoms with Gasteiger partial charge in [-0.3, -0.25) is 4.84 Å². The molecule has 0 aliphatic rings. The molecule has 2 N–H and O–H groups in total.